The molecule has 2 aliphatic carbocycles. The van der Waals surface area contributed by atoms with E-state index in [-0.39, 0.29) is 11.1 Å². The summed E-state index contributed by atoms with van der Waals surface area (Å²) in [6, 6.07) is 4.91. The number of amides is 2. The van der Waals surface area contributed by atoms with Crippen molar-refractivity contribution in [2.24, 2.45) is 17.8 Å². The van der Waals surface area contributed by atoms with Crippen LogP contribution in [0, 0.1) is 17.8 Å². The summed E-state index contributed by atoms with van der Waals surface area (Å²) in [4.78, 5) is 24.2. The first-order chi connectivity index (χ1) is 11.0. The predicted octanol–water partition coefficient (Wildman–Crippen LogP) is 3.87. The Morgan fingerprint density at radius 2 is 1.96 bits per heavy atom. The maximum Gasteiger partial charge on any atom is 0.313 e. The minimum atomic E-state index is -0.718. The number of carbonyl (C=O) groups excluding carboxylic acids is 2. The minimum absolute atomic E-state index is 0.0124. The number of nitrogens with one attached hydrogen (secondary N) is 2. The number of rotatable bonds is 3. The number of carbonyl (C=O) groups is 2. The quantitative estimate of drug-likeness (QED) is 0.809. The van der Waals surface area contributed by atoms with E-state index in [1.54, 1.807) is 18.2 Å². The zero-order valence-corrected chi connectivity index (χ0v) is 14.5. The molecule has 0 spiro atoms. The minimum Gasteiger partial charge on any atom is -0.345 e. The molecule has 2 bridgehead atoms. The molecule has 4 atom stereocenters. The zero-order chi connectivity index (χ0) is 16.6. The van der Waals surface area contributed by atoms with E-state index >= 15 is 0 Å². The van der Waals surface area contributed by atoms with E-state index in [0.717, 1.165) is 12.3 Å². The van der Waals surface area contributed by atoms with Gasteiger partial charge in [-0.25, -0.2) is 0 Å². The smallest absolute Gasteiger partial charge is 0.313 e. The Bertz CT molecular complexity index is 635. The molecule has 2 saturated carbocycles. The predicted molar refractivity (Wildman–Crippen MR) is 91.6 cm³/mol. The van der Waals surface area contributed by atoms with E-state index in [0.29, 0.717) is 22.5 Å². The van der Waals surface area contributed by atoms with Gasteiger partial charge in [0.2, 0.25) is 0 Å². The third kappa shape index (κ3) is 3.48. The lowest BCUT2D eigenvalue weighted by Crippen LogP contribution is -2.45. The van der Waals surface area contributed by atoms with E-state index in [1.165, 1.54) is 19.3 Å². The van der Waals surface area contributed by atoms with Crippen molar-refractivity contribution < 1.29 is 9.59 Å². The van der Waals surface area contributed by atoms with Crippen LogP contribution in [0.5, 0.6) is 0 Å². The van der Waals surface area contributed by atoms with Gasteiger partial charge in [-0.1, -0.05) is 35.7 Å². The molecule has 0 aliphatic heterocycles. The number of benzene rings is 1. The highest BCUT2D eigenvalue weighted by atomic mass is 35.5. The number of halogens is 2. The summed E-state index contributed by atoms with van der Waals surface area (Å²) in [5, 5.41) is 5.91. The van der Waals surface area contributed by atoms with Gasteiger partial charge in [-0.2, -0.15) is 0 Å². The van der Waals surface area contributed by atoms with Crippen LogP contribution in [0.25, 0.3) is 0 Å². The van der Waals surface area contributed by atoms with Crippen LogP contribution >= 0.6 is 23.2 Å². The summed E-state index contributed by atoms with van der Waals surface area (Å²) >= 11 is 11.9. The molecule has 0 aromatic heterocycles. The summed E-state index contributed by atoms with van der Waals surface area (Å²) in [6.07, 6.45) is 5.00. The molecule has 2 fully saturated rings. The van der Waals surface area contributed by atoms with Crippen LogP contribution in [0.1, 0.15) is 32.6 Å². The van der Waals surface area contributed by atoms with Gasteiger partial charge in [0.05, 0.1) is 15.7 Å². The lowest BCUT2D eigenvalue weighted by atomic mass is 9.84. The van der Waals surface area contributed by atoms with Crippen LogP contribution in [0.2, 0.25) is 10.0 Å². The molecule has 2 N–H and O–H groups in total. The van der Waals surface area contributed by atoms with E-state index in [9.17, 15) is 9.59 Å². The second-order valence-electron chi connectivity index (χ2n) is 6.66. The van der Waals surface area contributed by atoms with E-state index in [2.05, 4.69) is 10.6 Å². The van der Waals surface area contributed by atoms with Gasteiger partial charge in [0.15, 0.2) is 0 Å². The third-order valence-electron chi connectivity index (χ3n) is 5.20. The second-order valence-corrected chi connectivity index (χ2v) is 7.44. The topological polar surface area (TPSA) is 58.2 Å². The highest BCUT2D eigenvalue weighted by molar-refractivity contribution is 6.45. The van der Waals surface area contributed by atoms with Gasteiger partial charge < -0.3 is 10.6 Å². The highest BCUT2D eigenvalue weighted by Crippen LogP contribution is 2.49. The molecule has 2 amide bonds. The molecule has 1 aromatic rings. The summed E-state index contributed by atoms with van der Waals surface area (Å²) in [7, 11) is 0. The Kier molecular flexibility index (Phi) is 4.83. The van der Waals surface area contributed by atoms with Gasteiger partial charge in [0.25, 0.3) is 0 Å². The molecule has 3 rings (SSSR count). The van der Waals surface area contributed by atoms with Crippen molar-refractivity contribution >= 4 is 40.7 Å². The molecular formula is C17H20Cl2N2O2. The summed E-state index contributed by atoms with van der Waals surface area (Å²) in [5.41, 5.74) is 0.340. The van der Waals surface area contributed by atoms with Gasteiger partial charge in [-0.3, -0.25) is 9.59 Å². The average molecular weight is 355 g/mol. The molecular weight excluding hydrogens is 335 g/mol. The highest BCUT2D eigenvalue weighted by Gasteiger charge is 2.42. The first kappa shape index (κ1) is 16.6. The molecule has 6 heteroatoms. The van der Waals surface area contributed by atoms with Crippen molar-refractivity contribution in [1.82, 2.24) is 5.32 Å². The third-order valence-corrected chi connectivity index (χ3v) is 6.02. The Hall–Kier alpha value is -1.26. The van der Waals surface area contributed by atoms with Gasteiger partial charge in [-0.15, -0.1) is 0 Å². The molecule has 23 heavy (non-hydrogen) atoms. The van der Waals surface area contributed by atoms with E-state index in [1.807, 2.05) is 6.92 Å². The van der Waals surface area contributed by atoms with Crippen LogP contribution in [0.3, 0.4) is 0 Å². The first-order valence-corrected chi connectivity index (χ1v) is 8.77. The van der Waals surface area contributed by atoms with Gasteiger partial charge in [-0.05, 0) is 56.1 Å². The van der Waals surface area contributed by atoms with Crippen LogP contribution in [0.4, 0.5) is 5.69 Å². The van der Waals surface area contributed by atoms with E-state index < -0.39 is 11.8 Å². The van der Waals surface area contributed by atoms with Gasteiger partial charge in [0.1, 0.15) is 0 Å². The molecule has 0 radical (unpaired) electrons. The molecule has 0 saturated heterocycles. The van der Waals surface area contributed by atoms with Crippen LogP contribution < -0.4 is 10.6 Å². The summed E-state index contributed by atoms with van der Waals surface area (Å²) in [6.45, 7) is 1.99. The monoisotopic (exact) mass is 354 g/mol. The fourth-order valence-electron chi connectivity index (χ4n) is 4.07. The Morgan fingerprint density at radius 3 is 2.61 bits per heavy atom. The lowest BCUT2D eigenvalue weighted by molar-refractivity contribution is -0.136. The number of fused-ring (bicyclic) bond motifs is 2. The molecule has 124 valence electrons. The number of hydrogen-bond acceptors (Lipinski definition) is 2. The average Bonchev–Trinajstić information content (AvgIpc) is 3.14. The largest absolute Gasteiger partial charge is 0.345 e. The normalized spacial score (nSPS) is 26.8. The fraction of sp³-hybridized carbons (Fsp3) is 0.529. The van der Waals surface area contributed by atoms with Gasteiger partial charge in [0, 0.05) is 6.04 Å². The summed E-state index contributed by atoms with van der Waals surface area (Å²) in [5.74, 6) is 0.643. The van der Waals surface area contributed by atoms with Crippen molar-refractivity contribution in [3.63, 3.8) is 0 Å². The molecule has 2 aliphatic rings. The molecule has 0 heterocycles. The van der Waals surface area contributed by atoms with Crippen LogP contribution in [-0.2, 0) is 9.59 Å². The Labute approximate surface area is 145 Å². The van der Waals surface area contributed by atoms with Crippen molar-refractivity contribution in [3.8, 4) is 0 Å². The number of anilines is 1. The Morgan fingerprint density at radius 1 is 1.17 bits per heavy atom. The first-order valence-electron chi connectivity index (χ1n) is 8.01. The standard InChI is InChI=1S/C17H20Cl2N2O2/c1-9(12-8-10-5-6-11(12)7-10)20-16(22)17(23)21-14-4-2-3-13(18)15(14)19/h2-4,9-12H,5-8H2,1H3,(H,20,22)(H,21,23). The maximum absolute atomic E-state index is 12.1. The lowest BCUT2D eigenvalue weighted by Gasteiger charge is -2.28. The molecule has 4 nitrogen and oxygen atoms in total. The number of hydrogen-bond donors (Lipinski definition) is 2. The van der Waals surface area contributed by atoms with Crippen molar-refractivity contribution in [1.29, 1.82) is 0 Å². The SMILES string of the molecule is CC(NC(=O)C(=O)Nc1cccc(Cl)c1Cl)C1CC2CCC1C2. The van der Waals surface area contributed by atoms with Crippen molar-refractivity contribution in [2.75, 3.05) is 5.32 Å². The Balaban J connectivity index is 1.57. The fourth-order valence-corrected chi connectivity index (χ4v) is 4.41. The van der Waals surface area contributed by atoms with Gasteiger partial charge >= 0.3 is 11.8 Å². The zero-order valence-electron chi connectivity index (χ0n) is 12.9. The van der Waals surface area contributed by atoms with Crippen molar-refractivity contribution in [2.45, 2.75) is 38.6 Å². The second kappa shape index (κ2) is 6.70. The van der Waals surface area contributed by atoms with Crippen molar-refractivity contribution in [3.05, 3.63) is 28.2 Å². The van der Waals surface area contributed by atoms with Crippen LogP contribution in [0.15, 0.2) is 18.2 Å². The van der Waals surface area contributed by atoms with E-state index in [4.69, 9.17) is 23.2 Å². The maximum atomic E-state index is 12.1. The summed E-state index contributed by atoms with van der Waals surface area (Å²) < 4.78 is 0. The molecule has 1 aromatic carbocycles. The molecule has 4 unspecified atom stereocenters. The van der Waals surface area contributed by atoms with Crippen LogP contribution in [-0.4, -0.2) is 17.9 Å².